The van der Waals surface area contributed by atoms with E-state index in [2.05, 4.69) is 4.72 Å². The van der Waals surface area contributed by atoms with Gasteiger partial charge in [0.05, 0.1) is 24.7 Å². The van der Waals surface area contributed by atoms with Crippen molar-refractivity contribution in [3.63, 3.8) is 0 Å². The van der Waals surface area contributed by atoms with Gasteiger partial charge in [-0.15, -0.1) is 0 Å². The van der Waals surface area contributed by atoms with Gasteiger partial charge in [0.1, 0.15) is 5.75 Å². The first kappa shape index (κ1) is 23.6. The Hall–Kier alpha value is -2.72. The number of carbonyl (C=O) groups is 1. The van der Waals surface area contributed by atoms with Gasteiger partial charge in [-0.3, -0.25) is 9.52 Å². The van der Waals surface area contributed by atoms with Crippen LogP contribution in [-0.4, -0.2) is 59.1 Å². The number of hydrogen-bond acceptors (Lipinski definition) is 5. The predicted octanol–water partition coefficient (Wildman–Crippen LogP) is 3.24. The van der Waals surface area contributed by atoms with Crippen LogP contribution in [0.3, 0.4) is 0 Å². The van der Waals surface area contributed by atoms with Crippen LogP contribution in [0.25, 0.3) is 0 Å². The first-order valence-corrected chi connectivity index (χ1v) is 10.7. The average Bonchev–Trinajstić information content (AvgIpc) is 2.72. The molecule has 0 aliphatic heterocycles. The van der Waals surface area contributed by atoms with E-state index in [0.29, 0.717) is 18.0 Å². The second kappa shape index (κ2) is 10.9. The maximum atomic E-state index is 12.8. The fourth-order valence-electron chi connectivity index (χ4n) is 2.60. The molecule has 2 aromatic rings. The highest BCUT2D eigenvalue weighted by atomic mass is 32.2. The molecule has 7 nitrogen and oxygen atoms in total. The van der Waals surface area contributed by atoms with Gasteiger partial charge in [-0.05, 0) is 55.5 Å². The van der Waals surface area contributed by atoms with E-state index in [1.54, 1.807) is 24.3 Å². The van der Waals surface area contributed by atoms with Crippen molar-refractivity contribution in [3.05, 3.63) is 54.1 Å². The molecule has 2 aromatic carbocycles. The molecule has 10 heteroatoms. The van der Waals surface area contributed by atoms with Crippen molar-refractivity contribution in [2.45, 2.75) is 18.2 Å². The molecule has 0 aliphatic carbocycles. The topological polar surface area (TPSA) is 84.9 Å². The van der Waals surface area contributed by atoms with Gasteiger partial charge >= 0.3 is 0 Å². The van der Waals surface area contributed by atoms with Gasteiger partial charge in [-0.1, -0.05) is 0 Å². The number of nitrogens with one attached hydrogen (secondary N) is 1. The molecule has 0 atom stereocenters. The van der Waals surface area contributed by atoms with E-state index in [0.717, 1.165) is 4.90 Å². The fraction of sp³-hybridized carbons (Fsp3) is 0.350. The summed E-state index contributed by atoms with van der Waals surface area (Å²) in [5.41, 5.74) is 0.452. The van der Waals surface area contributed by atoms with Gasteiger partial charge in [-0.2, -0.15) is 0 Å². The minimum absolute atomic E-state index is 0.000972. The first-order valence-electron chi connectivity index (χ1n) is 9.19. The highest BCUT2D eigenvalue weighted by Crippen LogP contribution is 2.20. The van der Waals surface area contributed by atoms with E-state index >= 15 is 0 Å². The van der Waals surface area contributed by atoms with Crippen LogP contribution in [0, 0.1) is 0 Å². The Bertz CT molecular complexity index is 919. The second-order valence-electron chi connectivity index (χ2n) is 6.22. The Labute approximate surface area is 174 Å². The highest BCUT2D eigenvalue weighted by molar-refractivity contribution is 7.92. The van der Waals surface area contributed by atoms with Crippen molar-refractivity contribution in [2.24, 2.45) is 0 Å². The summed E-state index contributed by atoms with van der Waals surface area (Å²) < 4.78 is 63.2. The van der Waals surface area contributed by atoms with Crippen molar-refractivity contribution < 1.29 is 31.5 Å². The van der Waals surface area contributed by atoms with Crippen LogP contribution in [0.5, 0.6) is 5.75 Å². The summed E-state index contributed by atoms with van der Waals surface area (Å²) in [6.07, 6.45) is -2.69. The maximum Gasteiger partial charge on any atom is 0.261 e. The maximum absolute atomic E-state index is 12.8. The Morgan fingerprint density at radius 2 is 1.73 bits per heavy atom. The third-order valence-electron chi connectivity index (χ3n) is 4.04. The molecule has 0 aromatic heterocycles. The third-order valence-corrected chi connectivity index (χ3v) is 5.44. The lowest BCUT2D eigenvalue weighted by Gasteiger charge is -2.22. The predicted molar refractivity (Wildman–Crippen MR) is 109 cm³/mol. The van der Waals surface area contributed by atoms with Crippen LogP contribution in [0.2, 0.25) is 0 Å². The zero-order valence-corrected chi connectivity index (χ0v) is 17.5. The number of rotatable bonds is 11. The Kier molecular flexibility index (Phi) is 8.55. The smallest absolute Gasteiger partial charge is 0.261 e. The van der Waals surface area contributed by atoms with Crippen molar-refractivity contribution >= 4 is 21.6 Å². The number of benzene rings is 2. The quantitative estimate of drug-likeness (QED) is 0.578. The first-order chi connectivity index (χ1) is 14.3. The Morgan fingerprint density at radius 3 is 2.27 bits per heavy atom. The molecule has 1 N–H and O–H groups in total. The molecule has 30 heavy (non-hydrogen) atoms. The molecule has 0 saturated heterocycles. The van der Waals surface area contributed by atoms with Crippen LogP contribution in [0.15, 0.2) is 53.4 Å². The lowest BCUT2D eigenvalue weighted by molar-refractivity contribution is 0.0478. The summed E-state index contributed by atoms with van der Waals surface area (Å²) >= 11 is 0. The van der Waals surface area contributed by atoms with Gasteiger partial charge < -0.3 is 14.4 Å². The Morgan fingerprint density at radius 1 is 1.10 bits per heavy atom. The minimum atomic E-state index is -3.89. The van der Waals surface area contributed by atoms with E-state index in [-0.39, 0.29) is 23.6 Å². The summed E-state index contributed by atoms with van der Waals surface area (Å²) in [4.78, 5) is 13.4. The van der Waals surface area contributed by atoms with Crippen LogP contribution < -0.4 is 9.46 Å². The lowest BCUT2D eigenvalue weighted by atomic mass is 10.2. The molecule has 1 amide bonds. The molecule has 0 spiro atoms. The number of methoxy groups -OCH3 is 1. The number of hydrogen-bond donors (Lipinski definition) is 1. The molecule has 2 rings (SSSR count). The highest BCUT2D eigenvalue weighted by Gasteiger charge is 2.21. The second-order valence-corrected chi connectivity index (χ2v) is 7.90. The summed E-state index contributed by atoms with van der Waals surface area (Å²) in [5, 5.41) is 0. The number of alkyl halides is 2. The van der Waals surface area contributed by atoms with Crippen molar-refractivity contribution in [1.29, 1.82) is 0 Å². The van der Waals surface area contributed by atoms with E-state index in [9.17, 15) is 22.0 Å². The number of carbonyl (C=O) groups excluding carboxylic acids is 1. The van der Waals surface area contributed by atoms with Gasteiger partial charge in [0.25, 0.3) is 22.4 Å². The minimum Gasteiger partial charge on any atom is -0.494 e. The standard InChI is InChI=1S/C20H24F2N2O5S/c1-3-29-17-8-6-16(7-9-17)23-30(26,27)18-10-4-15(5-11-18)20(25)24(12-13-28-2)14-19(21)22/h4-11,19,23H,3,12-14H2,1-2H3. The molecule has 164 valence electrons. The largest absolute Gasteiger partial charge is 0.494 e. The van der Waals surface area contributed by atoms with Crippen LogP contribution in [-0.2, 0) is 14.8 Å². The van der Waals surface area contributed by atoms with Crippen LogP contribution >= 0.6 is 0 Å². The summed E-state index contributed by atoms with van der Waals surface area (Å²) in [5.74, 6) is -0.0130. The zero-order valence-electron chi connectivity index (χ0n) is 16.7. The molecule has 0 fully saturated rings. The van der Waals surface area contributed by atoms with Crippen molar-refractivity contribution in [1.82, 2.24) is 4.90 Å². The molecular formula is C20H24F2N2O5S. The number of sulfonamides is 1. The lowest BCUT2D eigenvalue weighted by Crippen LogP contribution is -2.37. The van der Waals surface area contributed by atoms with E-state index in [4.69, 9.17) is 9.47 Å². The SMILES string of the molecule is CCOc1ccc(NS(=O)(=O)c2ccc(C(=O)N(CCOC)CC(F)F)cc2)cc1. The molecule has 0 aliphatic rings. The summed E-state index contributed by atoms with van der Waals surface area (Å²) in [6.45, 7) is 1.71. The van der Waals surface area contributed by atoms with E-state index in [1.165, 1.54) is 31.4 Å². The average molecular weight is 442 g/mol. The molecule has 0 heterocycles. The molecule has 0 radical (unpaired) electrons. The van der Waals surface area contributed by atoms with Gasteiger partial charge in [-0.25, -0.2) is 17.2 Å². The Balaban J connectivity index is 2.13. The number of ether oxygens (including phenoxy) is 2. The van der Waals surface area contributed by atoms with Gasteiger partial charge in [0.15, 0.2) is 0 Å². The summed E-state index contributed by atoms with van der Waals surface area (Å²) in [6, 6.07) is 11.5. The third kappa shape index (κ3) is 6.67. The van der Waals surface area contributed by atoms with E-state index < -0.39 is 28.9 Å². The fourth-order valence-corrected chi connectivity index (χ4v) is 3.66. The number of anilines is 1. The van der Waals surface area contributed by atoms with Gasteiger partial charge in [0, 0.05) is 24.9 Å². The normalized spacial score (nSPS) is 11.4. The molecule has 0 saturated carbocycles. The zero-order chi connectivity index (χ0) is 22.1. The van der Waals surface area contributed by atoms with Crippen molar-refractivity contribution in [3.8, 4) is 5.75 Å². The van der Waals surface area contributed by atoms with Crippen molar-refractivity contribution in [2.75, 3.05) is 38.1 Å². The number of halogens is 2. The van der Waals surface area contributed by atoms with Gasteiger partial charge in [0.2, 0.25) is 0 Å². The molecule has 0 unspecified atom stereocenters. The molecule has 0 bridgehead atoms. The number of nitrogens with zero attached hydrogens (tertiary/aromatic N) is 1. The monoisotopic (exact) mass is 442 g/mol. The molecular weight excluding hydrogens is 418 g/mol. The van der Waals surface area contributed by atoms with Crippen LogP contribution in [0.4, 0.5) is 14.5 Å². The van der Waals surface area contributed by atoms with E-state index in [1.807, 2.05) is 6.92 Å². The summed E-state index contributed by atoms with van der Waals surface area (Å²) in [7, 11) is -2.49. The van der Waals surface area contributed by atoms with Crippen LogP contribution in [0.1, 0.15) is 17.3 Å². The number of amides is 1.